The Morgan fingerprint density at radius 1 is 1.17 bits per heavy atom. The second-order valence-electron chi connectivity index (χ2n) is 7.36. The highest BCUT2D eigenvalue weighted by molar-refractivity contribution is 7.98. The Labute approximate surface area is 175 Å². The third-order valence-corrected chi connectivity index (χ3v) is 7.38. The zero-order valence-electron chi connectivity index (χ0n) is 16.2. The van der Waals surface area contributed by atoms with Crippen molar-refractivity contribution in [1.29, 1.82) is 0 Å². The highest BCUT2D eigenvalue weighted by Crippen LogP contribution is 2.34. The predicted octanol–water partition coefficient (Wildman–Crippen LogP) is 4.82. The Kier molecular flexibility index (Phi) is 4.75. The molecule has 0 atom stereocenters. The van der Waals surface area contributed by atoms with Crippen molar-refractivity contribution in [3.63, 3.8) is 0 Å². The molecule has 29 heavy (non-hydrogen) atoms. The molecule has 1 aliphatic carbocycles. The lowest BCUT2D eigenvalue weighted by atomic mass is 9.97. The highest BCUT2D eigenvalue weighted by atomic mass is 32.2. The summed E-state index contributed by atoms with van der Waals surface area (Å²) in [5.74, 6) is 1.61. The number of nitrogens with one attached hydrogen (secondary N) is 1. The van der Waals surface area contributed by atoms with Crippen LogP contribution in [0.25, 0.3) is 21.7 Å². The summed E-state index contributed by atoms with van der Waals surface area (Å²) in [5.41, 5.74) is 4.49. The van der Waals surface area contributed by atoms with Crippen molar-refractivity contribution < 1.29 is 4.42 Å². The molecular weight excluding hydrogens is 404 g/mol. The number of nitrogens with zero attached hydrogens (tertiary/aromatic N) is 3. The minimum atomic E-state index is -0.0358. The van der Waals surface area contributed by atoms with E-state index in [-0.39, 0.29) is 5.56 Å². The maximum absolute atomic E-state index is 12.6. The van der Waals surface area contributed by atoms with Crippen molar-refractivity contribution in [2.24, 2.45) is 0 Å². The van der Waals surface area contributed by atoms with Crippen LogP contribution in [0, 0.1) is 13.8 Å². The molecule has 8 heteroatoms. The number of rotatable bonds is 4. The number of benzene rings is 1. The number of hydrogen-bond acceptors (Lipinski definition) is 7. The summed E-state index contributed by atoms with van der Waals surface area (Å²) in [5, 5.41) is 9.53. The van der Waals surface area contributed by atoms with Gasteiger partial charge in [-0.2, -0.15) is 0 Å². The van der Waals surface area contributed by atoms with Gasteiger partial charge < -0.3 is 9.40 Å². The van der Waals surface area contributed by atoms with E-state index in [2.05, 4.69) is 29.0 Å². The lowest BCUT2D eigenvalue weighted by Crippen LogP contribution is -2.12. The first-order valence-electron chi connectivity index (χ1n) is 9.66. The van der Waals surface area contributed by atoms with Gasteiger partial charge in [0, 0.05) is 10.4 Å². The molecular formula is C21H20N4O2S2. The monoisotopic (exact) mass is 424 g/mol. The zero-order valence-corrected chi connectivity index (χ0v) is 17.9. The predicted molar refractivity (Wildman–Crippen MR) is 116 cm³/mol. The van der Waals surface area contributed by atoms with Gasteiger partial charge in [0.1, 0.15) is 10.7 Å². The molecule has 3 heterocycles. The van der Waals surface area contributed by atoms with E-state index in [9.17, 15) is 4.79 Å². The number of aromatic nitrogens is 4. The van der Waals surface area contributed by atoms with Crippen LogP contribution in [0.5, 0.6) is 0 Å². The molecule has 0 fully saturated rings. The normalized spacial score (nSPS) is 13.7. The van der Waals surface area contributed by atoms with Crippen molar-refractivity contribution in [3.05, 3.63) is 55.9 Å². The molecule has 0 radical (unpaired) electrons. The second kappa shape index (κ2) is 7.42. The minimum absolute atomic E-state index is 0.0358. The quantitative estimate of drug-likeness (QED) is 0.473. The SMILES string of the molecule is Cc1ccc(-c2nnc(SCc3nc4sc5c(c4c(=O)[nH]3)CCCC5)o2)cc1C. The molecule has 0 unspecified atom stereocenters. The topological polar surface area (TPSA) is 84.7 Å². The largest absolute Gasteiger partial charge is 0.411 e. The summed E-state index contributed by atoms with van der Waals surface area (Å²) in [6.07, 6.45) is 4.39. The van der Waals surface area contributed by atoms with Crippen LogP contribution in [0.15, 0.2) is 32.6 Å². The van der Waals surface area contributed by atoms with E-state index in [1.54, 1.807) is 11.3 Å². The van der Waals surface area contributed by atoms with Crippen LogP contribution in [0.4, 0.5) is 0 Å². The lowest BCUT2D eigenvalue weighted by molar-refractivity contribution is 0.465. The number of hydrogen-bond donors (Lipinski definition) is 1. The van der Waals surface area contributed by atoms with E-state index < -0.39 is 0 Å². The molecule has 0 spiro atoms. The molecule has 3 aromatic heterocycles. The Hall–Kier alpha value is -2.45. The molecule has 0 saturated heterocycles. The lowest BCUT2D eigenvalue weighted by Gasteiger charge is -2.09. The minimum Gasteiger partial charge on any atom is -0.411 e. The number of fused-ring (bicyclic) bond motifs is 3. The maximum atomic E-state index is 12.6. The van der Waals surface area contributed by atoms with E-state index >= 15 is 0 Å². The van der Waals surface area contributed by atoms with E-state index in [1.807, 2.05) is 18.2 Å². The average Bonchev–Trinajstić information content (AvgIpc) is 3.33. The Bertz CT molecular complexity index is 1270. The van der Waals surface area contributed by atoms with Crippen molar-refractivity contribution in [3.8, 4) is 11.5 Å². The Balaban J connectivity index is 1.36. The first-order chi connectivity index (χ1) is 14.1. The van der Waals surface area contributed by atoms with Gasteiger partial charge in [0.2, 0.25) is 5.89 Å². The Morgan fingerprint density at radius 3 is 2.90 bits per heavy atom. The van der Waals surface area contributed by atoms with Crippen LogP contribution in [0.3, 0.4) is 0 Å². The van der Waals surface area contributed by atoms with Gasteiger partial charge in [-0.15, -0.1) is 21.5 Å². The third kappa shape index (κ3) is 3.51. The summed E-state index contributed by atoms with van der Waals surface area (Å²) < 4.78 is 5.79. The summed E-state index contributed by atoms with van der Waals surface area (Å²) in [6.45, 7) is 4.13. The molecule has 1 aromatic carbocycles. The molecule has 0 amide bonds. The number of aromatic amines is 1. The number of aryl methyl sites for hydroxylation is 4. The van der Waals surface area contributed by atoms with Gasteiger partial charge in [-0.3, -0.25) is 4.79 Å². The fraction of sp³-hybridized carbons (Fsp3) is 0.333. The van der Waals surface area contributed by atoms with E-state index in [0.29, 0.717) is 22.7 Å². The zero-order chi connectivity index (χ0) is 20.0. The van der Waals surface area contributed by atoms with Crippen LogP contribution in [-0.4, -0.2) is 20.2 Å². The van der Waals surface area contributed by atoms with Gasteiger partial charge >= 0.3 is 0 Å². The molecule has 0 saturated carbocycles. The molecule has 0 aliphatic heterocycles. The average molecular weight is 425 g/mol. The molecule has 0 bridgehead atoms. The van der Waals surface area contributed by atoms with Crippen LogP contribution in [0.1, 0.15) is 40.2 Å². The highest BCUT2D eigenvalue weighted by Gasteiger charge is 2.20. The number of H-pyrrole nitrogens is 1. The summed E-state index contributed by atoms with van der Waals surface area (Å²) in [6, 6.07) is 6.07. The van der Waals surface area contributed by atoms with E-state index in [4.69, 9.17) is 9.40 Å². The van der Waals surface area contributed by atoms with Crippen LogP contribution < -0.4 is 5.56 Å². The molecule has 1 N–H and O–H groups in total. The van der Waals surface area contributed by atoms with Gasteiger partial charge in [-0.05, 0) is 68.4 Å². The van der Waals surface area contributed by atoms with Gasteiger partial charge in [-0.1, -0.05) is 17.8 Å². The van der Waals surface area contributed by atoms with Gasteiger partial charge in [0.05, 0.1) is 11.1 Å². The number of thioether (sulfide) groups is 1. The number of thiophene rings is 1. The van der Waals surface area contributed by atoms with Crippen molar-refractivity contribution in [1.82, 2.24) is 20.2 Å². The van der Waals surface area contributed by atoms with E-state index in [1.165, 1.54) is 39.8 Å². The van der Waals surface area contributed by atoms with Crippen LogP contribution in [-0.2, 0) is 18.6 Å². The third-order valence-electron chi connectivity index (χ3n) is 5.37. The first-order valence-corrected chi connectivity index (χ1v) is 11.5. The van der Waals surface area contributed by atoms with Gasteiger partial charge in [0.15, 0.2) is 0 Å². The summed E-state index contributed by atoms with van der Waals surface area (Å²) >= 11 is 3.04. The van der Waals surface area contributed by atoms with E-state index in [0.717, 1.165) is 35.0 Å². The molecule has 6 nitrogen and oxygen atoms in total. The van der Waals surface area contributed by atoms with Crippen LogP contribution in [0.2, 0.25) is 0 Å². The molecule has 5 rings (SSSR count). The fourth-order valence-corrected chi connectivity index (χ4v) is 5.58. The molecule has 1 aliphatic rings. The van der Waals surface area contributed by atoms with Crippen molar-refractivity contribution in [2.75, 3.05) is 0 Å². The summed E-state index contributed by atoms with van der Waals surface area (Å²) in [4.78, 5) is 22.4. The molecule has 4 aromatic rings. The van der Waals surface area contributed by atoms with Crippen molar-refractivity contribution in [2.45, 2.75) is 50.5 Å². The van der Waals surface area contributed by atoms with Crippen molar-refractivity contribution >= 4 is 33.3 Å². The standard InChI is InChI=1S/C21H20N4O2S2/c1-11-7-8-13(9-12(11)2)19-24-25-21(27-19)28-10-16-22-18(26)17-14-5-3-4-6-15(14)29-20(17)23-16/h7-9H,3-6,10H2,1-2H3,(H,22,23,26). The fourth-order valence-electron chi connectivity index (χ4n) is 3.67. The Morgan fingerprint density at radius 2 is 2.03 bits per heavy atom. The van der Waals surface area contributed by atoms with Gasteiger partial charge in [0.25, 0.3) is 10.8 Å². The first kappa shape index (κ1) is 18.6. The maximum Gasteiger partial charge on any atom is 0.277 e. The van der Waals surface area contributed by atoms with Crippen LogP contribution >= 0.6 is 23.1 Å². The second-order valence-corrected chi connectivity index (χ2v) is 9.37. The molecule has 148 valence electrons. The smallest absolute Gasteiger partial charge is 0.277 e. The summed E-state index contributed by atoms with van der Waals surface area (Å²) in [7, 11) is 0. The van der Waals surface area contributed by atoms with Gasteiger partial charge in [-0.25, -0.2) is 4.98 Å².